The fraction of sp³-hybridized carbons (Fsp3) is 0.222. The Bertz CT molecular complexity index is 767. The minimum absolute atomic E-state index is 0.233. The molecule has 1 aromatic carbocycles. The van der Waals surface area contributed by atoms with Crippen molar-refractivity contribution in [2.75, 3.05) is 5.32 Å². The largest absolute Gasteiger partial charge is 0.323 e. The van der Waals surface area contributed by atoms with Crippen LogP contribution in [-0.4, -0.2) is 33.6 Å². The van der Waals surface area contributed by atoms with Crippen molar-refractivity contribution in [3.05, 3.63) is 59.9 Å². The van der Waals surface area contributed by atoms with Crippen molar-refractivity contribution in [1.29, 1.82) is 0 Å². The molecule has 6 heteroatoms. The Morgan fingerprint density at radius 1 is 1.04 bits per heavy atom. The number of nitrogens with one attached hydrogen (secondary N) is 1. The van der Waals surface area contributed by atoms with Gasteiger partial charge in [-0.15, -0.1) is 0 Å². The molecule has 2 aromatic rings. The normalized spacial score (nSPS) is 14.7. The lowest BCUT2D eigenvalue weighted by atomic mass is 10.0. The summed E-state index contributed by atoms with van der Waals surface area (Å²) in [6, 6.07) is 9.11. The number of fused-ring (bicyclic) bond motifs is 1. The van der Waals surface area contributed by atoms with E-state index in [1.165, 1.54) is 6.20 Å². The number of hydrogen-bond acceptors (Lipinski definition) is 4. The zero-order valence-electron chi connectivity index (χ0n) is 13.4. The van der Waals surface area contributed by atoms with Crippen molar-refractivity contribution in [3.63, 3.8) is 0 Å². The van der Waals surface area contributed by atoms with E-state index < -0.39 is 23.8 Å². The third kappa shape index (κ3) is 2.67. The van der Waals surface area contributed by atoms with Crippen LogP contribution in [0.2, 0.25) is 0 Å². The lowest BCUT2D eigenvalue weighted by molar-refractivity contribution is -0.121. The molecule has 0 fully saturated rings. The average molecular weight is 323 g/mol. The SMILES string of the molecule is CC(C)[C@H](C(=O)Nc1cccnc1)N1C(=O)c2ccccc2C1=O. The number of anilines is 1. The number of rotatable bonds is 4. The fourth-order valence-corrected chi connectivity index (χ4v) is 2.83. The molecule has 1 atom stereocenters. The number of imide groups is 1. The van der Waals surface area contributed by atoms with Gasteiger partial charge in [-0.2, -0.15) is 0 Å². The van der Waals surface area contributed by atoms with Gasteiger partial charge < -0.3 is 5.32 Å². The molecule has 1 N–H and O–H groups in total. The smallest absolute Gasteiger partial charge is 0.262 e. The lowest BCUT2D eigenvalue weighted by Crippen LogP contribution is -2.50. The van der Waals surface area contributed by atoms with Gasteiger partial charge in [0.05, 0.1) is 23.0 Å². The topological polar surface area (TPSA) is 79.4 Å². The van der Waals surface area contributed by atoms with Crippen molar-refractivity contribution in [2.24, 2.45) is 5.92 Å². The molecule has 1 aromatic heterocycles. The van der Waals surface area contributed by atoms with E-state index in [4.69, 9.17) is 0 Å². The van der Waals surface area contributed by atoms with Crippen molar-refractivity contribution in [2.45, 2.75) is 19.9 Å². The highest BCUT2D eigenvalue weighted by atomic mass is 16.2. The van der Waals surface area contributed by atoms with E-state index in [1.54, 1.807) is 56.4 Å². The van der Waals surface area contributed by atoms with Crippen LogP contribution in [0.1, 0.15) is 34.6 Å². The number of benzene rings is 1. The van der Waals surface area contributed by atoms with Crippen LogP contribution >= 0.6 is 0 Å². The van der Waals surface area contributed by atoms with Gasteiger partial charge in [0.2, 0.25) is 5.91 Å². The number of nitrogens with zero attached hydrogens (tertiary/aromatic N) is 2. The molecule has 0 bridgehead atoms. The summed E-state index contributed by atoms with van der Waals surface area (Å²) in [7, 11) is 0. The molecule has 0 spiro atoms. The van der Waals surface area contributed by atoms with Crippen molar-refractivity contribution in [3.8, 4) is 0 Å². The molecular weight excluding hydrogens is 306 g/mol. The van der Waals surface area contributed by atoms with Gasteiger partial charge in [-0.25, -0.2) is 0 Å². The summed E-state index contributed by atoms with van der Waals surface area (Å²) >= 11 is 0. The number of amides is 3. The molecule has 122 valence electrons. The number of carbonyl (C=O) groups is 3. The fourth-order valence-electron chi connectivity index (χ4n) is 2.83. The number of carbonyl (C=O) groups excluding carboxylic acids is 3. The lowest BCUT2D eigenvalue weighted by Gasteiger charge is -2.28. The van der Waals surface area contributed by atoms with Crippen LogP contribution in [-0.2, 0) is 4.79 Å². The number of pyridine rings is 1. The van der Waals surface area contributed by atoms with Gasteiger partial charge in [0.1, 0.15) is 6.04 Å². The molecule has 0 saturated carbocycles. The maximum atomic E-state index is 12.7. The molecular formula is C18H17N3O3. The molecule has 0 unspecified atom stereocenters. The van der Waals surface area contributed by atoms with Crippen molar-refractivity contribution in [1.82, 2.24) is 9.88 Å². The standard InChI is InChI=1S/C18H17N3O3/c1-11(2)15(16(22)20-12-6-5-9-19-10-12)21-17(23)13-7-3-4-8-14(13)18(21)24/h3-11,15H,1-2H3,(H,20,22)/t15-/m1/s1. The first kappa shape index (κ1) is 15.9. The van der Waals surface area contributed by atoms with E-state index in [-0.39, 0.29) is 5.92 Å². The van der Waals surface area contributed by atoms with Gasteiger partial charge in [0, 0.05) is 6.20 Å². The highest BCUT2D eigenvalue weighted by Crippen LogP contribution is 2.27. The summed E-state index contributed by atoms with van der Waals surface area (Å²) in [5.41, 5.74) is 1.19. The van der Waals surface area contributed by atoms with Crippen LogP contribution in [0, 0.1) is 5.92 Å². The summed E-state index contributed by atoms with van der Waals surface area (Å²) in [6.07, 6.45) is 3.11. The molecule has 3 amide bonds. The molecule has 6 nitrogen and oxygen atoms in total. The Balaban J connectivity index is 1.91. The Morgan fingerprint density at radius 3 is 2.17 bits per heavy atom. The number of hydrogen-bond donors (Lipinski definition) is 1. The average Bonchev–Trinajstić information content (AvgIpc) is 2.81. The summed E-state index contributed by atoms with van der Waals surface area (Å²) in [4.78, 5) is 42.9. The summed E-state index contributed by atoms with van der Waals surface area (Å²) in [5, 5.41) is 2.72. The maximum Gasteiger partial charge on any atom is 0.262 e. The molecule has 3 rings (SSSR count). The molecule has 0 radical (unpaired) electrons. The zero-order valence-corrected chi connectivity index (χ0v) is 13.4. The van der Waals surface area contributed by atoms with Crippen LogP contribution in [0.4, 0.5) is 5.69 Å². The monoisotopic (exact) mass is 323 g/mol. The first-order valence-corrected chi connectivity index (χ1v) is 7.68. The van der Waals surface area contributed by atoms with E-state index in [0.29, 0.717) is 16.8 Å². The Morgan fingerprint density at radius 2 is 1.67 bits per heavy atom. The van der Waals surface area contributed by atoms with Gasteiger partial charge in [0.25, 0.3) is 11.8 Å². The Hall–Kier alpha value is -3.02. The van der Waals surface area contributed by atoms with Crippen LogP contribution in [0.15, 0.2) is 48.8 Å². The van der Waals surface area contributed by atoms with E-state index in [9.17, 15) is 14.4 Å². The van der Waals surface area contributed by atoms with Gasteiger partial charge in [-0.05, 0) is 30.2 Å². The van der Waals surface area contributed by atoms with Crippen LogP contribution in [0.25, 0.3) is 0 Å². The zero-order chi connectivity index (χ0) is 17.3. The Labute approximate surface area is 139 Å². The van der Waals surface area contributed by atoms with Crippen molar-refractivity contribution < 1.29 is 14.4 Å². The highest BCUT2D eigenvalue weighted by molar-refractivity contribution is 6.23. The van der Waals surface area contributed by atoms with E-state index in [0.717, 1.165) is 4.90 Å². The predicted octanol–water partition coefficient (Wildman–Crippen LogP) is 2.34. The molecule has 1 aliphatic rings. The second kappa shape index (κ2) is 6.23. The maximum absolute atomic E-state index is 12.7. The first-order valence-electron chi connectivity index (χ1n) is 7.68. The van der Waals surface area contributed by atoms with Gasteiger partial charge >= 0.3 is 0 Å². The summed E-state index contributed by atoms with van der Waals surface area (Å²) in [6.45, 7) is 3.61. The minimum Gasteiger partial charge on any atom is -0.323 e. The summed E-state index contributed by atoms with van der Waals surface area (Å²) < 4.78 is 0. The van der Waals surface area contributed by atoms with E-state index in [2.05, 4.69) is 10.3 Å². The van der Waals surface area contributed by atoms with Crippen LogP contribution in [0.5, 0.6) is 0 Å². The highest BCUT2D eigenvalue weighted by Gasteiger charge is 2.43. The van der Waals surface area contributed by atoms with Crippen molar-refractivity contribution >= 4 is 23.4 Å². The molecule has 0 aliphatic carbocycles. The molecule has 0 saturated heterocycles. The van der Waals surface area contributed by atoms with E-state index >= 15 is 0 Å². The van der Waals surface area contributed by atoms with Crippen LogP contribution in [0.3, 0.4) is 0 Å². The van der Waals surface area contributed by atoms with Crippen LogP contribution < -0.4 is 5.32 Å². The van der Waals surface area contributed by atoms with Gasteiger partial charge in [0.15, 0.2) is 0 Å². The Kier molecular flexibility index (Phi) is 4.12. The first-order chi connectivity index (χ1) is 11.5. The van der Waals surface area contributed by atoms with E-state index in [1.807, 2.05) is 0 Å². The summed E-state index contributed by atoms with van der Waals surface area (Å²) in [5.74, 6) is -1.51. The second-order valence-electron chi connectivity index (χ2n) is 5.95. The molecule has 1 aliphatic heterocycles. The van der Waals surface area contributed by atoms with Gasteiger partial charge in [-0.1, -0.05) is 26.0 Å². The van der Waals surface area contributed by atoms with Gasteiger partial charge in [-0.3, -0.25) is 24.3 Å². The third-order valence-electron chi connectivity index (χ3n) is 3.93. The second-order valence-corrected chi connectivity index (χ2v) is 5.95. The quantitative estimate of drug-likeness (QED) is 0.876. The predicted molar refractivity (Wildman–Crippen MR) is 88.4 cm³/mol. The number of aromatic nitrogens is 1. The third-order valence-corrected chi connectivity index (χ3v) is 3.93. The molecule has 2 heterocycles. The minimum atomic E-state index is -0.891. The molecule has 24 heavy (non-hydrogen) atoms.